The molecule has 0 amide bonds. The molecule has 7 nitrogen and oxygen atoms in total. The molecule has 4 rings (SSSR count). The van der Waals surface area contributed by atoms with Crippen molar-refractivity contribution in [1.29, 1.82) is 0 Å². The Labute approximate surface area is 213 Å². The van der Waals surface area contributed by atoms with Crippen molar-refractivity contribution in [3.63, 3.8) is 0 Å². The van der Waals surface area contributed by atoms with Crippen LogP contribution in [0.2, 0.25) is 0 Å². The Morgan fingerprint density at radius 3 is 2.47 bits per heavy atom. The van der Waals surface area contributed by atoms with Crippen molar-refractivity contribution in [2.45, 2.75) is 51.8 Å². The lowest BCUT2D eigenvalue weighted by Crippen LogP contribution is -2.36. The van der Waals surface area contributed by atoms with Gasteiger partial charge in [-0.1, -0.05) is 72.7 Å². The number of ether oxygens (including phenoxy) is 1. The summed E-state index contributed by atoms with van der Waals surface area (Å²) < 4.78 is 11.2. The molecule has 1 aromatic heterocycles. The molecule has 1 unspecified atom stereocenters. The summed E-state index contributed by atoms with van der Waals surface area (Å²) in [6, 6.07) is 20.3. The van der Waals surface area contributed by atoms with Crippen molar-refractivity contribution < 1.29 is 19.2 Å². The van der Waals surface area contributed by atoms with Crippen LogP contribution < -0.4 is 4.90 Å². The van der Waals surface area contributed by atoms with Crippen LogP contribution in [-0.4, -0.2) is 54.0 Å². The fourth-order valence-electron chi connectivity index (χ4n) is 4.40. The Kier molecular flexibility index (Phi) is 9.14. The third-order valence-corrected chi connectivity index (χ3v) is 6.38. The number of rotatable bonds is 14. The number of hydrogen-bond acceptors (Lipinski definition) is 7. The van der Waals surface area contributed by atoms with E-state index in [-0.39, 0.29) is 12.6 Å². The highest BCUT2D eigenvalue weighted by molar-refractivity contribution is 5.69. The molecule has 1 atom stereocenters. The number of esters is 1. The van der Waals surface area contributed by atoms with Crippen LogP contribution in [0.4, 0.5) is 5.88 Å². The monoisotopic (exact) mass is 491 g/mol. The van der Waals surface area contributed by atoms with Gasteiger partial charge in [0.15, 0.2) is 0 Å². The highest BCUT2D eigenvalue weighted by atomic mass is 16.5. The molecule has 0 aliphatic heterocycles. The lowest BCUT2D eigenvalue weighted by atomic mass is 10.1. The second-order valence-electron chi connectivity index (χ2n) is 9.75. The van der Waals surface area contributed by atoms with Gasteiger partial charge in [0.1, 0.15) is 18.4 Å². The van der Waals surface area contributed by atoms with Crippen LogP contribution in [0, 0.1) is 5.92 Å². The van der Waals surface area contributed by atoms with E-state index in [2.05, 4.69) is 27.1 Å². The Hall–Kier alpha value is -3.16. The van der Waals surface area contributed by atoms with E-state index in [0.29, 0.717) is 32.0 Å². The van der Waals surface area contributed by atoms with Crippen LogP contribution in [0.1, 0.15) is 43.7 Å². The van der Waals surface area contributed by atoms with E-state index < -0.39 is 6.10 Å². The Bertz CT molecular complexity index is 1080. The molecule has 1 saturated carbocycles. The van der Waals surface area contributed by atoms with Crippen molar-refractivity contribution in [3.8, 4) is 11.3 Å². The minimum atomic E-state index is -0.755. The molecule has 36 heavy (non-hydrogen) atoms. The molecule has 7 heteroatoms. The van der Waals surface area contributed by atoms with E-state index >= 15 is 0 Å². The highest BCUT2D eigenvalue weighted by Gasteiger charge is 2.29. The molecule has 0 radical (unpaired) electrons. The first-order chi connectivity index (χ1) is 17.5. The maximum absolute atomic E-state index is 11.8. The van der Waals surface area contributed by atoms with E-state index in [9.17, 15) is 9.90 Å². The van der Waals surface area contributed by atoms with Crippen molar-refractivity contribution in [2.75, 3.05) is 31.6 Å². The van der Waals surface area contributed by atoms with Gasteiger partial charge in [0, 0.05) is 45.2 Å². The number of hydrogen-bond donors (Lipinski definition) is 1. The van der Waals surface area contributed by atoms with Crippen LogP contribution in [0.15, 0.2) is 65.2 Å². The van der Waals surface area contributed by atoms with Crippen molar-refractivity contribution in [1.82, 2.24) is 10.1 Å². The molecule has 1 fully saturated rings. The van der Waals surface area contributed by atoms with E-state index in [0.717, 1.165) is 35.7 Å². The number of nitrogens with zero attached hydrogens (tertiary/aromatic N) is 3. The summed E-state index contributed by atoms with van der Waals surface area (Å²) in [6.07, 6.45) is 2.76. The number of benzene rings is 2. The van der Waals surface area contributed by atoms with Gasteiger partial charge in [0.05, 0.1) is 5.56 Å². The molecule has 2 aromatic carbocycles. The Balaban J connectivity index is 1.55. The largest absolute Gasteiger partial charge is 0.463 e. The minimum absolute atomic E-state index is 0.00987. The number of aliphatic hydroxyl groups excluding tert-OH is 1. The van der Waals surface area contributed by atoms with Gasteiger partial charge in [-0.05, 0) is 30.7 Å². The molecule has 1 aliphatic rings. The first kappa shape index (κ1) is 25.9. The molecule has 0 spiro atoms. The summed E-state index contributed by atoms with van der Waals surface area (Å²) in [5.74, 6) is 1.09. The molecule has 0 saturated heterocycles. The lowest BCUT2D eigenvalue weighted by molar-refractivity contribution is -0.147. The number of aromatic nitrogens is 1. The van der Waals surface area contributed by atoms with Gasteiger partial charge in [-0.3, -0.25) is 9.69 Å². The van der Waals surface area contributed by atoms with Gasteiger partial charge in [0.2, 0.25) is 5.88 Å². The van der Waals surface area contributed by atoms with Gasteiger partial charge < -0.3 is 19.3 Å². The van der Waals surface area contributed by atoms with E-state index in [4.69, 9.17) is 9.26 Å². The normalized spacial score (nSPS) is 14.1. The zero-order valence-corrected chi connectivity index (χ0v) is 21.3. The fraction of sp³-hybridized carbons (Fsp3) is 0.448. The maximum Gasteiger partial charge on any atom is 0.305 e. The number of aliphatic hydroxyl groups is 1. The summed E-state index contributed by atoms with van der Waals surface area (Å²) >= 11 is 0. The molecule has 1 heterocycles. The zero-order valence-electron chi connectivity index (χ0n) is 21.3. The third-order valence-electron chi connectivity index (χ3n) is 6.38. The third kappa shape index (κ3) is 7.42. The number of carbonyl (C=O) groups is 1. The summed E-state index contributed by atoms with van der Waals surface area (Å²) in [6.45, 7) is 4.51. The second-order valence-corrected chi connectivity index (χ2v) is 9.75. The Morgan fingerprint density at radius 2 is 1.81 bits per heavy atom. The first-order valence-electron chi connectivity index (χ1n) is 12.9. The SMILES string of the molecule is CCCC(=O)OCC(O)CN(Cc1c(-c2ccccc2)noc1N(C)Cc1ccccc1)CC1CC1. The molecule has 0 bridgehead atoms. The van der Waals surface area contributed by atoms with Gasteiger partial charge in [0.25, 0.3) is 0 Å². The average Bonchev–Trinajstić information content (AvgIpc) is 3.60. The van der Waals surface area contributed by atoms with Crippen molar-refractivity contribution >= 4 is 11.9 Å². The fourth-order valence-corrected chi connectivity index (χ4v) is 4.40. The molecular formula is C29H37N3O4. The van der Waals surface area contributed by atoms with Gasteiger partial charge in [-0.2, -0.15) is 0 Å². The van der Waals surface area contributed by atoms with Crippen LogP contribution in [0.3, 0.4) is 0 Å². The minimum Gasteiger partial charge on any atom is -0.463 e. The Morgan fingerprint density at radius 1 is 1.11 bits per heavy atom. The van der Waals surface area contributed by atoms with E-state index in [1.807, 2.05) is 62.5 Å². The zero-order chi connectivity index (χ0) is 25.3. The van der Waals surface area contributed by atoms with Crippen LogP contribution >= 0.6 is 0 Å². The lowest BCUT2D eigenvalue weighted by Gasteiger charge is -2.26. The maximum atomic E-state index is 11.8. The van der Waals surface area contributed by atoms with Crippen molar-refractivity contribution in [3.05, 3.63) is 71.8 Å². The second kappa shape index (κ2) is 12.7. The first-order valence-corrected chi connectivity index (χ1v) is 12.9. The quantitative estimate of drug-likeness (QED) is 0.322. The molecule has 192 valence electrons. The van der Waals surface area contributed by atoms with E-state index in [1.54, 1.807) is 0 Å². The van der Waals surface area contributed by atoms with Gasteiger partial charge >= 0.3 is 5.97 Å². The predicted molar refractivity (Wildman–Crippen MR) is 140 cm³/mol. The number of anilines is 1. The average molecular weight is 492 g/mol. The van der Waals surface area contributed by atoms with Crippen molar-refractivity contribution in [2.24, 2.45) is 5.92 Å². The van der Waals surface area contributed by atoms with Crippen LogP contribution in [0.5, 0.6) is 0 Å². The van der Waals surface area contributed by atoms with E-state index in [1.165, 1.54) is 18.4 Å². The summed E-state index contributed by atoms with van der Waals surface area (Å²) in [5, 5.41) is 15.2. The smallest absolute Gasteiger partial charge is 0.305 e. The van der Waals surface area contributed by atoms with Crippen LogP contribution in [0.25, 0.3) is 11.3 Å². The summed E-state index contributed by atoms with van der Waals surface area (Å²) in [7, 11) is 2.01. The topological polar surface area (TPSA) is 79.0 Å². The predicted octanol–water partition coefficient (Wildman–Crippen LogP) is 4.89. The molecule has 3 aromatic rings. The van der Waals surface area contributed by atoms with Gasteiger partial charge in [-0.15, -0.1) is 0 Å². The molecule has 1 N–H and O–H groups in total. The number of carbonyl (C=O) groups excluding carboxylic acids is 1. The standard InChI is InChI=1S/C29H37N3O4/c1-3-10-27(34)35-21-25(33)19-32(18-23-15-16-23)20-26-28(24-13-8-5-9-14-24)30-36-29(26)31(2)17-22-11-6-4-7-12-22/h4-9,11-14,23,25,33H,3,10,15-21H2,1-2H3. The highest BCUT2D eigenvalue weighted by Crippen LogP contribution is 2.35. The van der Waals surface area contributed by atoms with Crippen LogP contribution in [-0.2, 0) is 22.6 Å². The summed E-state index contributed by atoms with van der Waals surface area (Å²) in [4.78, 5) is 16.1. The van der Waals surface area contributed by atoms with Gasteiger partial charge in [-0.25, -0.2) is 0 Å². The molecular weight excluding hydrogens is 454 g/mol. The molecule has 1 aliphatic carbocycles. The summed E-state index contributed by atoms with van der Waals surface area (Å²) in [5.41, 5.74) is 3.99.